The fourth-order valence-electron chi connectivity index (χ4n) is 1.64. The molecule has 1 rings (SSSR count). The zero-order valence-electron chi connectivity index (χ0n) is 7.69. The van der Waals surface area contributed by atoms with Gasteiger partial charge < -0.3 is 16.4 Å². The van der Waals surface area contributed by atoms with Gasteiger partial charge in [-0.3, -0.25) is 9.59 Å². The molecule has 2 atom stereocenters. The first-order valence-corrected chi connectivity index (χ1v) is 4.40. The van der Waals surface area contributed by atoms with E-state index < -0.39 is 11.9 Å². The van der Waals surface area contributed by atoms with E-state index in [-0.39, 0.29) is 11.9 Å². The van der Waals surface area contributed by atoms with Crippen molar-refractivity contribution < 1.29 is 9.59 Å². The first-order chi connectivity index (χ1) is 6.06. The summed E-state index contributed by atoms with van der Waals surface area (Å²) >= 11 is 0. The van der Waals surface area contributed by atoms with Gasteiger partial charge in [0.25, 0.3) is 0 Å². The highest BCUT2D eigenvalue weighted by molar-refractivity contribution is 5.88. The van der Waals surface area contributed by atoms with Gasteiger partial charge in [0.05, 0.1) is 0 Å². The molecule has 5 heteroatoms. The highest BCUT2D eigenvalue weighted by Crippen LogP contribution is 2.14. The molecule has 2 amide bonds. The number of rotatable bonds is 3. The Labute approximate surface area is 77.1 Å². The number of nitrogens with zero attached hydrogens (tertiary/aromatic N) is 1. The molecule has 1 fully saturated rings. The topological polar surface area (TPSA) is 89.4 Å². The van der Waals surface area contributed by atoms with Crippen molar-refractivity contribution in [3.63, 3.8) is 0 Å². The molecule has 0 aromatic heterocycles. The molecule has 0 aromatic rings. The van der Waals surface area contributed by atoms with Crippen molar-refractivity contribution >= 4 is 11.8 Å². The Morgan fingerprint density at radius 2 is 2.38 bits per heavy atom. The van der Waals surface area contributed by atoms with Crippen LogP contribution in [0.3, 0.4) is 0 Å². The number of primary amides is 1. The standard InChI is InChI=1S/C8H15N3O2/c1-2-6(8(10)13)11-4-5(9)3-7(11)12/h5-6H,2-4,9H2,1H3,(H2,10,13)/t5?,6-/m0/s1. The van der Waals surface area contributed by atoms with Crippen LogP contribution in [0, 0.1) is 0 Å². The van der Waals surface area contributed by atoms with Crippen LogP contribution < -0.4 is 11.5 Å². The Morgan fingerprint density at radius 1 is 1.77 bits per heavy atom. The van der Waals surface area contributed by atoms with Gasteiger partial charge in [0.15, 0.2) is 0 Å². The lowest BCUT2D eigenvalue weighted by Crippen LogP contribution is -2.45. The van der Waals surface area contributed by atoms with E-state index >= 15 is 0 Å². The zero-order chi connectivity index (χ0) is 10.0. The summed E-state index contributed by atoms with van der Waals surface area (Å²) in [5.41, 5.74) is 10.8. The smallest absolute Gasteiger partial charge is 0.240 e. The molecule has 0 radical (unpaired) electrons. The van der Waals surface area contributed by atoms with Gasteiger partial charge in [0, 0.05) is 19.0 Å². The zero-order valence-corrected chi connectivity index (χ0v) is 7.69. The third-order valence-electron chi connectivity index (χ3n) is 2.28. The minimum atomic E-state index is -0.485. The van der Waals surface area contributed by atoms with Crippen LogP contribution in [0.5, 0.6) is 0 Å². The summed E-state index contributed by atoms with van der Waals surface area (Å²) in [5.74, 6) is -0.525. The van der Waals surface area contributed by atoms with Gasteiger partial charge in [-0.2, -0.15) is 0 Å². The van der Waals surface area contributed by atoms with Gasteiger partial charge >= 0.3 is 0 Å². The number of nitrogens with two attached hydrogens (primary N) is 2. The van der Waals surface area contributed by atoms with E-state index in [1.54, 1.807) is 0 Å². The van der Waals surface area contributed by atoms with Gasteiger partial charge in [-0.25, -0.2) is 0 Å². The predicted molar refractivity (Wildman–Crippen MR) is 47.6 cm³/mol. The third-order valence-corrected chi connectivity index (χ3v) is 2.28. The van der Waals surface area contributed by atoms with Crippen LogP contribution in [0.4, 0.5) is 0 Å². The Morgan fingerprint density at radius 3 is 2.69 bits per heavy atom. The van der Waals surface area contributed by atoms with E-state index in [2.05, 4.69) is 0 Å². The Bertz CT molecular complexity index is 229. The molecule has 5 nitrogen and oxygen atoms in total. The van der Waals surface area contributed by atoms with Crippen molar-refractivity contribution in [2.75, 3.05) is 6.54 Å². The number of carbonyl (C=O) groups is 2. The largest absolute Gasteiger partial charge is 0.368 e. The summed E-state index contributed by atoms with van der Waals surface area (Å²) in [5, 5.41) is 0. The molecule has 74 valence electrons. The fraction of sp³-hybridized carbons (Fsp3) is 0.750. The summed E-state index contributed by atoms with van der Waals surface area (Å²) < 4.78 is 0. The molecule has 1 unspecified atom stereocenters. The molecule has 1 aliphatic heterocycles. The third kappa shape index (κ3) is 1.98. The van der Waals surface area contributed by atoms with Crippen molar-refractivity contribution in [2.45, 2.75) is 31.8 Å². The second kappa shape index (κ2) is 3.74. The summed E-state index contributed by atoms with van der Waals surface area (Å²) in [7, 11) is 0. The highest BCUT2D eigenvalue weighted by atomic mass is 16.2. The maximum atomic E-state index is 11.3. The van der Waals surface area contributed by atoms with Gasteiger partial charge in [-0.15, -0.1) is 0 Å². The first kappa shape index (κ1) is 9.98. The quantitative estimate of drug-likeness (QED) is 0.579. The van der Waals surface area contributed by atoms with E-state index in [9.17, 15) is 9.59 Å². The van der Waals surface area contributed by atoms with E-state index in [1.165, 1.54) is 4.90 Å². The SMILES string of the molecule is CC[C@@H](C(N)=O)N1CC(N)CC1=O. The van der Waals surface area contributed by atoms with Crippen LogP contribution in [-0.2, 0) is 9.59 Å². The molecular weight excluding hydrogens is 170 g/mol. The maximum Gasteiger partial charge on any atom is 0.240 e. The van der Waals surface area contributed by atoms with Crippen LogP contribution in [0.15, 0.2) is 0 Å². The Hall–Kier alpha value is -1.10. The molecular formula is C8H15N3O2. The van der Waals surface area contributed by atoms with Crippen molar-refractivity contribution in [3.05, 3.63) is 0 Å². The van der Waals surface area contributed by atoms with Crippen LogP contribution in [0.1, 0.15) is 19.8 Å². The second-order valence-corrected chi connectivity index (χ2v) is 3.34. The van der Waals surface area contributed by atoms with Crippen LogP contribution in [0.25, 0.3) is 0 Å². The summed E-state index contributed by atoms with van der Waals surface area (Å²) in [4.78, 5) is 23.8. The molecule has 1 saturated heterocycles. The number of amides is 2. The highest BCUT2D eigenvalue weighted by Gasteiger charge is 2.34. The first-order valence-electron chi connectivity index (χ1n) is 4.40. The lowest BCUT2D eigenvalue weighted by atomic mass is 10.2. The fourth-order valence-corrected chi connectivity index (χ4v) is 1.64. The summed E-state index contributed by atoms with van der Waals surface area (Å²) in [6, 6.07) is -0.637. The summed E-state index contributed by atoms with van der Waals surface area (Å²) in [6.45, 7) is 2.27. The van der Waals surface area contributed by atoms with Crippen molar-refractivity contribution in [1.29, 1.82) is 0 Å². The van der Waals surface area contributed by atoms with E-state index in [4.69, 9.17) is 11.5 Å². The molecule has 0 aromatic carbocycles. The Balaban J connectivity index is 2.69. The van der Waals surface area contributed by atoms with Gasteiger partial charge in [-0.1, -0.05) is 6.92 Å². The van der Waals surface area contributed by atoms with Gasteiger partial charge in [0.2, 0.25) is 11.8 Å². The molecule has 0 spiro atoms. The molecule has 0 bridgehead atoms. The van der Waals surface area contributed by atoms with Crippen molar-refractivity contribution in [3.8, 4) is 0 Å². The number of carbonyl (C=O) groups excluding carboxylic acids is 2. The van der Waals surface area contributed by atoms with Crippen LogP contribution in [0.2, 0.25) is 0 Å². The minimum absolute atomic E-state index is 0.0712. The van der Waals surface area contributed by atoms with Gasteiger partial charge in [-0.05, 0) is 6.42 Å². The lowest BCUT2D eigenvalue weighted by Gasteiger charge is -2.23. The molecule has 0 aliphatic carbocycles. The average molecular weight is 185 g/mol. The van der Waals surface area contributed by atoms with Crippen LogP contribution >= 0.6 is 0 Å². The Kier molecular flexibility index (Phi) is 2.87. The van der Waals surface area contributed by atoms with Gasteiger partial charge in [0.1, 0.15) is 6.04 Å². The molecule has 1 heterocycles. The second-order valence-electron chi connectivity index (χ2n) is 3.34. The molecule has 13 heavy (non-hydrogen) atoms. The monoisotopic (exact) mass is 185 g/mol. The van der Waals surface area contributed by atoms with E-state index in [1.807, 2.05) is 6.92 Å². The maximum absolute atomic E-state index is 11.3. The summed E-state index contributed by atoms with van der Waals surface area (Å²) in [6.07, 6.45) is 0.873. The van der Waals surface area contributed by atoms with Crippen molar-refractivity contribution in [1.82, 2.24) is 4.90 Å². The van der Waals surface area contributed by atoms with E-state index in [0.29, 0.717) is 19.4 Å². The predicted octanol–water partition coefficient (Wildman–Crippen LogP) is -1.19. The average Bonchev–Trinajstić information content (AvgIpc) is 2.31. The lowest BCUT2D eigenvalue weighted by molar-refractivity contribution is -0.136. The number of hydrogen-bond acceptors (Lipinski definition) is 3. The minimum Gasteiger partial charge on any atom is -0.368 e. The normalized spacial score (nSPS) is 24.9. The molecule has 0 saturated carbocycles. The number of likely N-dealkylation sites (tertiary alicyclic amines) is 1. The van der Waals surface area contributed by atoms with E-state index in [0.717, 1.165) is 0 Å². The molecule has 4 N–H and O–H groups in total. The van der Waals surface area contributed by atoms with Crippen LogP contribution in [-0.4, -0.2) is 35.3 Å². The number of hydrogen-bond donors (Lipinski definition) is 2. The molecule has 1 aliphatic rings. The van der Waals surface area contributed by atoms with Crippen molar-refractivity contribution in [2.24, 2.45) is 11.5 Å².